The first-order valence-corrected chi connectivity index (χ1v) is 7.54. The van der Waals surface area contributed by atoms with E-state index >= 15 is 0 Å². The molecule has 0 aliphatic carbocycles. The monoisotopic (exact) mass is 315 g/mol. The van der Waals surface area contributed by atoms with Crippen LogP contribution >= 0.6 is 0 Å². The van der Waals surface area contributed by atoms with Gasteiger partial charge in [-0.1, -0.05) is 0 Å². The molecule has 0 aromatic carbocycles. The smallest absolute Gasteiger partial charge is 0.116 e. The number of hydrogen-bond acceptors (Lipinski definition) is 4. The van der Waals surface area contributed by atoms with Crippen LogP contribution < -0.4 is 0 Å². The van der Waals surface area contributed by atoms with Crippen LogP contribution in [-0.4, -0.2) is 34.9 Å². The number of aromatic nitrogens is 7. The quantitative estimate of drug-likeness (QED) is 0.524. The van der Waals surface area contributed by atoms with Gasteiger partial charge in [-0.25, -0.2) is 0 Å². The van der Waals surface area contributed by atoms with Crippen LogP contribution in [0.1, 0.15) is 0 Å². The Hall–Kier alpha value is -3.48. The molecule has 0 radical (unpaired) electrons. The number of hydrogen-bond donors (Lipinski definition) is 2. The fraction of sp³-hybridized carbons (Fsp3) is 0.0588. The largest absolute Gasteiger partial charge is 0.353 e. The van der Waals surface area contributed by atoms with E-state index in [1.165, 1.54) is 0 Å². The maximum absolute atomic E-state index is 4.50. The third-order valence-electron chi connectivity index (χ3n) is 4.12. The van der Waals surface area contributed by atoms with Crippen molar-refractivity contribution in [3.8, 4) is 22.6 Å². The lowest BCUT2D eigenvalue weighted by molar-refractivity contribution is 0.768. The van der Waals surface area contributed by atoms with E-state index in [0.717, 1.165) is 44.5 Å². The molecule has 24 heavy (non-hydrogen) atoms. The Morgan fingerprint density at radius 3 is 2.88 bits per heavy atom. The van der Waals surface area contributed by atoms with Gasteiger partial charge < -0.3 is 4.98 Å². The topological polar surface area (TPSA) is 88.1 Å². The highest BCUT2D eigenvalue weighted by Gasteiger charge is 2.13. The van der Waals surface area contributed by atoms with Gasteiger partial charge in [0.2, 0.25) is 0 Å². The summed E-state index contributed by atoms with van der Waals surface area (Å²) in [7, 11) is 1.89. The van der Waals surface area contributed by atoms with Crippen molar-refractivity contribution >= 4 is 21.8 Å². The molecule has 0 saturated carbocycles. The summed E-state index contributed by atoms with van der Waals surface area (Å²) in [6.45, 7) is 0. The van der Waals surface area contributed by atoms with E-state index in [1.807, 2.05) is 37.8 Å². The Kier molecular flexibility index (Phi) is 2.58. The lowest BCUT2D eigenvalue weighted by atomic mass is 10.1. The first-order valence-electron chi connectivity index (χ1n) is 7.54. The molecular formula is C17H13N7. The molecule has 0 unspecified atom stereocenters. The molecule has 7 heteroatoms. The lowest BCUT2D eigenvalue weighted by Gasteiger charge is -1.98. The summed E-state index contributed by atoms with van der Waals surface area (Å²) in [6, 6.07) is 6.05. The van der Waals surface area contributed by atoms with Crippen molar-refractivity contribution in [1.82, 2.24) is 34.9 Å². The Labute approximate surface area is 136 Å². The minimum absolute atomic E-state index is 0.869. The Morgan fingerprint density at radius 1 is 1.08 bits per heavy atom. The highest BCUT2D eigenvalue weighted by molar-refractivity contribution is 5.96. The van der Waals surface area contributed by atoms with Crippen molar-refractivity contribution in [2.24, 2.45) is 7.05 Å². The molecule has 7 nitrogen and oxygen atoms in total. The maximum Gasteiger partial charge on any atom is 0.116 e. The number of nitrogens with one attached hydrogen (secondary N) is 2. The molecule has 0 saturated heterocycles. The SMILES string of the molecule is Cn1cc(-c2cc3c(-c4cc5cnccc5[nH]4)n[nH]c3cn2)cn1. The number of fused-ring (bicyclic) bond motifs is 2. The van der Waals surface area contributed by atoms with Crippen LogP contribution in [0.2, 0.25) is 0 Å². The predicted molar refractivity (Wildman–Crippen MR) is 91.2 cm³/mol. The van der Waals surface area contributed by atoms with Crippen LogP contribution in [0.25, 0.3) is 44.5 Å². The second kappa shape index (κ2) is 4.76. The average molecular weight is 315 g/mol. The van der Waals surface area contributed by atoms with E-state index in [1.54, 1.807) is 17.1 Å². The van der Waals surface area contributed by atoms with Gasteiger partial charge in [0, 0.05) is 47.5 Å². The summed E-state index contributed by atoms with van der Waals surface area (Å²) in [6.07, 6.45) is 9.17. The van der Waals surface area contributed by atoms with E-state index in [4.69, 9.17) is 0 Å². The van der Waals surface area contributed by atoms with Gasteiger partial charge >= 0.3 is 0 Å². The third kappa shape index (κ3) is 1.91. The van der Waals surface area contributed by atoms with Crippen molar-refractivity contribution < 1.29 is 0 Å². The van der Waals surface area contributed by atoms with Gasteiger partial charge in [-0.05, 0) is 18.2 Å². The van der Waals surface area contributed by atoms with Crippen LogP contribution in [0.15, 0.2) is 49.2 Å². The fourth-order valence-electron chi connectivity index (χ4n) is 2.93. The van der Waals surface area contributed by atoms with Crippen LogP contribution in [-0.2, 0) is 7.05 Å². The zero-order chi connectivity index (χ0) is 16.1. The molecule has 0 bridgehead atoms. The standard InChI is InChI=1S/C17H13N7/c1-24-9-11(7-20-24)14-5-12-16(8-19-14)22-23-17(12)15-4-10-6-18-3-2-13(10)21-15/h2-9,21H,1H3,(H,22,23). The molecule has 0 aliphatic heterocycles. The van der Waals surface area contributed by atoms with Crippen molar-refractivity contribution in [2.45, 2.75) is 0 Å². The van der Waals surface area contributed by atoms with Gasteiger partial charge in [-0.3, -0.25) is 19.7 Å². The number of aromatic amines is 2. The zero-order valence-electron chi connectivity index (χ0n) is 12.9. The van der Waals surface area contributed by atoms with Crippen molar-refractivity contribution in [2.75, 3.05) is 0 Å². The number of H-pyrrole nitrogens is 2. The van der Waals surface area contributed by atoms with Crippen molar-refractivity contribution in [1.29, 1.82) is 0 Å². The fourth-order valence-corrected chi connectivity index (χ4v) is 2.93. The highest BCUT2D eigenvalue weighted by atomic mass is 15.2. The summed E-state index contributed by atoms with van der Waals surface area (Å²) in [4.78, 5) is 12.0. The Morgan fingerprint density at radius 2 is 2.04 bits per heavy atom. The number of rotatable bonds is 2. The van der Waals surface area contributed by atoms with Gasteiger partial charge in [0.1, 0.15) is 5.69 Å². The predicted octanol–water partition coefficient (Wildman–Crippen LogP) is 2.90. The molecule has 2 N–H and O–H groups in total. The van der Waals surface area contributed by atoms with Crippen molar-refractivity contribution in [3.05, 3.63) is 49.2 Å². The van der Waals surface area contributed by atoms with E-state index < -0.39 is 0 Å². The maximum atomic E-state index is 4.50. The molecule has 5 heterocycles. The average Bonchev–Trinajstić information content (AvgIpc) is 3.30. The molecule has 0 spiro atoms. The molecule has 116 valence electrons. The van der Waals surface area contributed by atoms with Crippen LogP contribution in [0, 0.1) is 0 Å². The summed E-state index contributed by atoms with van der Waals surface area (Å²) >= 11 is 0. The Bertz CT molecular complexity index is 1150. The molecule has 0 aliphatic rings. The minimum Gasteiger partial charge on any atom is -0.353 e. The molecular weight excluding hydrogens is 302 g/mol. The van der Waals surface area contributed by atoms with Crippen LogP contribution in [0.3, 0.4) is 0 Å². The second-order valence-corrected chi connectivity index (χ2v) is 5.74. The highest BCUT2D eigenvalue weighted by Crippen LogP contribution is 2.30. The second-order valence-electron chi connectivity index (χ2n) is 5.74. The minimum atomic E-state index is 0.869. The van der Waals surface area contributed by atoms with Crippen molar-refractivity contribution in [3.63, 3.8) is 0 Å². The summed E-state index contributed by atoms with van der Waals surface area (Å²) in [5, 5.41) is 13.8. The molecule has 0 amide bonds. The number of pyridine rings is 2. The third-order valence-corrected chi connectivity index (χ3v) is 4.12. The summed E-state index contributed by atoms with van der Waals surface area (Å²) in [5.41, 5.74) is 5.61. The van der Waals surface area contributed by atoms with Gasteiger partial charge in [0.25, 0.3) is 0 Å². The number of aryl methyl sites for hydroxylation is 1. The molecule has 0 fully saturated rings. The van der Waals surface area contributed by atoms with Crippen LogP contribution in [0.5, 0.6) is 0 Å². The van der Waals surface area contributed by atoms with E-state index in [9.17, 15) is 0 Å². The zero-order valence-corrected chi connectivity index (χ0v) is 12.9. The van der Waals surface area contributed by atoms with Gasteiger partial charge in [0.05, 0.1) is 29.3 Å². The molecule has 5 aromatic heterocycles. The van der Waals surface area contributed by atoms with E-state index in [0.29, 0.717) is 0 Å². The van der Waals surface area contributed by atoms with Gasteiger partial charge in [-0.2, -0.15) is 10.2 Å². The molecule has 5 aromatic rings. The molecule has 5 rings (SSSR count). The lowest BCUT2D eigenvalue weighted by Crippen LogP contribution is -1.85. The van der Waals surface area contributed by atoms with E-state index in [2.05, 4.69) is 36.3 Å². The van der Waals surface area contributed by atoms with Gasteiger partial charge in [-0.15, -0.1) is 0 Å². The number of nitrogens with zero attached hydrogens (tertiary/aromatic N) is 5. The first-order chi connectivity index (χ1) is 11.8. The van der Waals surface area contributed by atoms with Crippen LogP contribution in [0.4, 0.5) is 0 Å². The summed E-state index contributed by atoms with van der Waals surface area (Å²) in [5.74, 6) is 0. The normalized spacial score (nSPS) is 11.5. The summed E-state index contributed by atoms with van der Waals surface area (Å²) < 4.78 is 1.77. The Balaban J connectivity index is 1.70. The first kappa shape index (κ1) is 13.0. The van der Waals surface area contributed by atoms with E-state index in [-0.39, 0.29) is 0 Å². The van der Waals surface area contributed by atoms with Gasteiger partial charge in [0.15, 0.2) is 0 Å². The molecule has 0 atom stereocenters.